The fourth-order valence-corrected chi connectivity index (χ4v) is 4.77. The molecule has 1 aromatic carbocycles. The Morgan fingerprint density at radius 2 is 2.06 bits per heavy atom. The Kier molecular flexibility index (Phi) is 7.76. The average Bonchev–Trinajstić information content (AvgIpc) is 3.51. The van der Waals surface area contributed by atoms with Crippen molar-refractivity contribution in [1.29, 1.82) is 0 Å². The van der Waals surface area contributed by atoms with E-state index in [1.54, 1.807) is 26.0 Å². The first-order chi connectivity index (χ1) is 17.3. The van der Waals surface area contributed by atoms with Crippen LogP contribution in [0.15, 0.2) is 28.8 Å². The number of hydrogen-bond acceptors (Lipinski definition) is 7. The number of fused-ring (bicyclic) bond motifs is 1. The molecule has 1 fully saturated rings. The summed E-state index contributed by atoms with van der Waals surface area (Å²) in [4.78, 5) is 41.1. The van der Waals surface area contributed by atoms with Gasteiger partial charge in [-0.15, -0.1) is 0 Å². The number of likely N-dealkylation sites (tertiary alicyclic amines) is 1. The van der Waals surface area contributed by atoms with Crippen LogP contribution in [-0.2, 0) is 9.59 Å². The van der Waals surface area contributed by atoms with Crippen molar-refractivity contribution in [3.8, 4) is 0 Å². The molecule has 10 nitrogen and oxygen atoms in total. The molecule has 3 amide bonds. The van der Waals surface area contributed by atoms with Crippen LogP contribution in [0.3, 0.4) is 0 Å². The van der Waals surface area contributed by atoms with Crippen molar-refractivity contribution in [3.63, 3.8) is 0 Å². The Labute approximate surface area is 209 Å². The van der Waals surface area contributed by atoms with Gasteiger partial charge in [0.25, 0.3) is 5.91 Å². The van der Waals surface area contributed by atoms with Gasteiger partial charge in [-0.2, -0.15) is 0 Å². The minimum atomic E-state index is -1.12. The van der Waals surface area contributed by atoms with Crippen molar-refractivity contribution >= 4 is 29.1 Å². The molecule has 0 radical (unpaired) electrons. The van der Waals surface area contributed by atoms with Crippen LogP contribution in [0.1, 0.15) is 62.2 Å². The first kappa shape index (κ1) is 25.5. The molecule has 2 aliphatic rings. The molecule has 0 bridgehead atoms. The number of hydrogen-bond donors (Lipinski definition) is 4. The topological polar surface area (TPSA) is 129 Å². The Bertz CT molecular complexity index is 1120. The quantitative estimate of drug-likeness (QED) is 0.439. The number of nitrogens with zero attached hydrogens (tertiary/aromatic N) is 2. The van der Waals surface area contributed by atoms with Crippen LogP contribution in [0.25, 0.3) is 0 Å². The maximum Gasteiger partial charge on any atom is 0.274 e. The predicted octanol–water partition coefficient (Wildman–Crippen LogP) is 2.77. The fourth-order valence-electron chi connectivity index (χ4n) is 4.77. The van der Waals surface area contributed by atoms with E-state index in [1.807, 2.05) is 11.8 Å². The number of amides is 3. The van der Waals surface area contributed by atoms with Gasteiger partial charge >= 0.3 is 0 Å². The van der Waals surface area contributed by atoms with Gasteiger partial charge in [-0.05, 0) is 51.7 Å². The maximum absolute atomic E-state index is 14.1. The van der Waals surface area contributed by atoms with Crippen LogP contribution in [0.2, 0.25) is 0 Å². The molecular formula is C25H33FN6O4. The molecular weight excluding hydrogens is 467 g/mol. The van der Waals surface area contributed by atoms with E-state index < -0.39 is 35.9 Å². The molecule has 2 aliphatic heterocycles. The van der Waals surface area contributed by atoms with Gasteiger partial charge in [0, 0.05) is 18.7 Å². The van der Waals surface area contributed by atoms with Gasteiger partial charge in [-0.3, -0.25) is 14.4 Å². The highest BCUT2D eigenvalue weighted by molar-refractivity contribution is 5.98. The van der Waals surface area contributed by atoms with E-state index in [2.05, 4.69) is 26.4 Å². The number of anilines is 2. The van der Waals surface area contributed by atoms with Gasteiger partial charge in [0.1, 0.15) is 23.8 Å². The molecule has 0 spiro atoms. The highest BCUT2D eigenvalue weighted by Gasteiger charge is 2.34. The molecule has 0 aliphatic carbocycles. The monoisotopic (exact) mass is 500 g/mol. The van der Waals surface area contributed by atoms with E-state index in [0.717, 1.165) is 25.7 Å². The lowest BCUT2D eigenvalue weighted by molar-refractivity contribution is -0.138. The van der Waals surface area contributed by atoms with E-state index in [0.29, 0.717) is 23.7 Å². The third-order valence-electron chi connectivity index (χ3n) is 6.77. The zero-order valence-corrected chi connectivity index (χ0v) is 20.8. The zero-order chi connectivity index (χ0) is 25.8. The lowest BCUT2D eigenvalue weighted by Gasteiger charge is -2.36. The lowest BCUT2D eigenvalue weighted by atomic mass is 9.98. The van der Waals surface area contributed by atoms with Gasteiger partial charge in [0.15, 0.2) is 5.69 Å². The van der Waals surface area contributed by atoms with Crippen molar-refractivity contribution in [1.82, 2.24) is 20.7 Å². The van der Waals surface area contributed by atoms with Crippen LogP contribution in [0, 0.1) is 12.7 Å². The normalized spacial score (nSPS) is 20.5. The van der Waals surface area contributed by atoms with E-state index in [9.17, 15) is 18.8 Å². The van der Waals surface area contributed by atoms with E-state index in [-0.39, 0.29) is 24.1 Å². The lowest BCUT2D eigenvalue weighted by Crippen LogP contribution is -2.55. The van der Waals surface area contributed by atoms with E-state index in [4.69, 9.17) is 4.52 Å². The minimum absolute atomic E-state index is 0.0280. The van der Waals surface area contributed by atoms with Crippen LogP contribution >= 0.6 is 0 Å². The third kappa shape index (κ3) is 5.60. The summed E-state index contributed by atoms with van der Waals surface area (Å²) in [5.74, 6) is -1.25. The molecule has 194 valence electrons. The Hall–Kier alpha value is -3.63. The first-order valence-electron chi connectivity index (χ1n) is 12.4. The Morgan fingerprint density at radius 3 is 2.75 bits per heavy atom. The molecule has 4 N–H and O–H groups in total. The number of nitrogens with one attached hydrogen (secondary N) is 4. The van der Waals surface area contributed by atoms with Crippen molar-refractivity contribution < 1.29 is 23.3 Å². The zero-order valence-electron chi connectivity index (χ0n) is 20.8. The summed E-state index contributed by atoms with van der Waals surface area (Å²) in [5, 5.41) is 15.4. The molecule has 11 heteroatoms. The van der Waals surface area contributed by atoms with E-state index >= 15 is 0 Å². The number of rotatable bonds is 8. The van der Waals surface area contributed by atoms with Crippen LogP contribution < -0.4 is 21.3 Å². The largest absolute Gasteiger partial charge is 0.362 e. The molecule has 3 heterocycles. The van der Waals surface area contributed by atoms with Crippen molar-refractivity contribution in [2.45, 2.75) is 77.2 Å². The summed E-state index contributed by atoms with van der Waals surface area (Å²) in [6, 6.07) is 4.67. The standard InChI is InChI=1S/C25H33FN6O4/c1-4-16-8-5-6-11-32(16)21(33)13-19(29-25(35)20-12-14(2)36-31-20)24(34)27-15(3)23-28-18-10-7-9-17(26)22(18)30-23/h7,9-10,12,15-16,19,23,28,30H,4-6,8,11,13H2,1-3H3,(H,27,34)(H,29,35)/t15-,16-,19-,23?/m0/s1. The summed E-state index contributed by atoms with van der Waals surface area (Å²) < 4.78 is 19.1. The Morgan fingerprint density at radius 1 is 1.25 bits per heavy atom. The van der Waals surface area contributed by atoms with Crippen LogP contribution in [0.4, 0.5) is 15.8 Å². The number of aryl methyl sites for hydroxylation is 1. The third-order valence-corrected chi connectivity index (χ3v) is 6.77. The average molecular weight is 501 g/mol. The molecule has 4 atom stereocenters. The second-order valence-corrected chi connectivity index (χ2v) is 9.42. The Balaban J connectivity index is 1.46. The van der Waals surface area contributed by atoms with Gasteiger partial charge in [0.05, 0.1) is 23.8 Å². The van der Waals surface area contributed by atoms with Crippen LogP contribution in [0.5, 0.6) is 0 Å². The van der Waals surface area contributed by atoms with Crippen molar-refractivity contribution in [2.24, 2.45) is 0 Å². The number of carbonyl (C=O) groups is 3. The molecule has 1 aromatic heterocycles. The number of carbonyl (C=O) groups excluding carboxylic acids is 3. The summed E-state index contributed by atoms with van der Waals surface area (Å²) in [6.07, 6.45) is 3.08. The molecule has 0 saturated carbocycles. The summed E-state index contributed by atoms with van der Waals surface area (Å²) in [6.45, 7) is 6.09. The fraction of sp³-hybridized carbons (Fsp3) is 0.520. The molecule has 1 saturated heterocycles. The number of halogens is 1. The van der Waals surface area contributed by atoms with Gasteiger partial charge in [-0.25, -0.2) is 4.39 Å². The number of para-hydroxylation sites is 1. The van der Waals surface area contributed by atoms with Crippen LogP contribution in [-0.4, -0.2) is 58.6 Å². The molecule has 36 heavy (non-hydrogen) atoms. The summed E-state index contributed by atoms with van der Waals surface area (Å²) in [7, 11) is 0. The minimum Gasteiger partial charge on any atom is -0.362 e. The molecule has 4 rings (SSSR count). The number of piperidine rings is 1. The second-order valence-electron chi connectivity index (χ2n) is 9.42. The summed E-state index contributed by atoms with van der Waals surface area (Å²) in [5.41, 5.74) is 0.958. The second kappa shape index (κ2) is 11.0. The number of aromatic nitrogens is 1. The van der Waals surface area contributed by atoms with Gasteiger partial charge in [0.2, 0.25) is 11.8 Å². The predicted molar refractivity (Wildman–Crippen MR) is 132 cm³/mol. The summed E-state index contributed by atoms with van der Waals surface area (Å²) >= 11 is 0. The smallest absolute Gasteiger partial charge is 0.274 e. The van der Waals surface area contributed by atoms with Gasteiger partial charge < -0.3 is 30.7 Å². The highest BCUT2D eigenvalue weighted by Crippen LogP contribution is 2.32. The van der Waals surface area contributed by atoms with Gasteiger partial charge in [-0.1, -0.05) is 18.1 Å². The van der Waals surface area contributed by atoms with Crippen molar-refractivity contribution in [3.05, 3.63) is 41.5 Å². The first-order valence-corrected chi connectivity index (χ1v) is 12.4. The van der Waals surface area contributed by atoms with E-state index in [1.165, 1.54) is 12.1 Å². The molecule has 1 unspecified atom stereocenters. The van der Waals surface area contributed by atoms with Crippen molar-refractivity contribution in [2.75, 3.05) is 17.2 Å². The molecule has 2 aromatic rings. The SMILES string of the molecule is CC[C@H]1CCCCN1C(=O)C[C@H](NC(=O)c1cc(C)on1)C(=O)N[C@@H](C)C1Nc2cccc(F)c2N1. The highest BCUT2D eigenvalue weighted by atomic mass is 19.1. The number of benzene rings is 1. The maximum atomic E-state index is 14.1.